The zero-order valence-corrected chi connectivity index (χ0v) is 19.2. The maximum atomic E-state index is 5.95. The first-order valence-electron chi connectivity index (χ1n) is 8.68. The molecular weight excluding hydrogens is 384 g/mol. The summed E-state index contributed by atoms with van der Waals surface area (Å²) >= 11 is 0. The molecule has 0 unspecified atom stereocenters. The molecule has 0 aromatic rings. The lowest BCUT2D eigenvalue weighted by Gasteiger charge is -2.27. The van der Waals surface area contributed by atoms with Crippen LogP contribution in [-0.4, -0.2) is 85.1 Å². The van der Waals surface area contributed by atoms with Gasteiger partial charge in [0.25, 0.3) is 0 Å². The molecule has 0 spiro atoms. The lowest BCUT2D eigenvalue weighted by atomic mass is 10.1. The second-order valence-corrected chi connectivity index (χ2v) is 8.81. The first-order valence-corrected chi connectivity index (χ1v) is 11.9. The van der Waals surface area contributed by atoms with E-state index in [1.807, 2.05) is 11.4 Å². The van der Waals surface area contributed by atoms with Crippen molar-refractivity contribution in [3.05, 3.63) is 49.4 Å². The van der Waals surface area contributed by atoms with E-state index in [-0.39, 0.29) is 0 Å². The molecule has 0 bridgehead atoms. The molecule has 156 valence electrons. The second-order valence-electron chi connectivity index (χ2n) is 5.31. The summed E-state index contributed by atoms with van der Waals surface area (Å²) in [7, 11) is 0.672. The van der Waals surface area contributed by atoms with Crippen molar-refractivity contribution < 1.29 is 31.9 Å². The van der Waals surface area contributed by atoms with E-state index < -0.39 is 24.2 Å². The third kappa shape index (κ3) is 10.9. The molecule has 0 N–H and O–H groups in total. The largest absolute Gasteiger partial charge is 0.529 e. The van der Waals surface area contributed by atoms with Crippen molar-refractivity contribution >= 4 is 18.6 Å². The van der Waals surface area contributed by atoms with Gasteiger partial charge >= 0.3 is 8.80 Å². The van der Waals surface area contributed by atoms with E-state index >= 15 is 0 Å². The van der Waals surface area contributed by atoms with Crippen molar-refractivity contribution in [3.63, 3.8) is 0 Å². The van der Waals surface area contributed by atoms with Crippen molar-refractivity contribution in [2.24, 2.45) is 0 Å². The Bertz CT molecular complexity index is 395. The molecule has 0 aromatic heterocycles. The molecule has 0 heterocycles. The number of methoxy groups -OCH3 is 3. The molecule has 0 fully saturated rings. The summed E-state index contributed by atoms with van der Waals surface area (Å²) < 4.78 is 39.0. The molecule has 0 aliphatic carbocycles. The van der Waals surface area contributed by atoms with Crippen LogP contribution in [0.15, 0.2) is 49.4 Å². The zero-order chi connectivity index (χ0) is 20.4. The van der Waals surface area contributed by atoms with E-state index in [1.54, 1.807) is 39.6 Å². The minimum absolute atomic E-state index is 0.353. The molecule has 0 saturated carbocycles. The van der Waals surface area contributed by atoms with E-state index in [0.29, 0.717) is 39.6 Å². The van der Waals surface area contributed by atoms with Crippen LogP contribution in [0, 0.1) is 0 Å². The number of hydrogen-bond donors (Lipinski definition) is 0. The van der Waals surface area contributed by atoms with E-state index in [9.17, 15) is 0 Å². The predicted molar refractivity (Wildman–Crippen MR) is 111 cm³/mol. The third-order valence-electron chi connectivity index (χ3n) is 3.48. The molecule has 0 saturated heterocycles. The van der Waals surface area contributed by atoms with Gasteiger partial charge in [-0.15, -0.1) is 0 Å². The van der Waals surface area contributed by atoms with E-state index in [0.717, 1.165) is 0 Å². The summed E-state index contributed by atoms with van der Waals surface area (Å²) in [4.78, 5) is 0. The third-order valence-corrected chi connectivity index (χ3v) is 7.51. The Balaban J connectivity index is 5.13. The fourth-order valence-electron chi connectivity index (χ4n) is 1.88. The topological polar surface area (TPSA) is 64.6 Å². The quantitative estimate of drug-likeness (QED) is 0.178. The highest BCUT2D eigenvalue weighted by Gasteiger charge is 2.38. The van der Waals surface area contributed by atoms with Crippen LogP contribution in [-0.2, 0) is 31.9 Å². The van der Waals surface area contributed by atoms with Gasteiger partial charge in [0.15, 0.2) is 9.76 Å². The summed E-state index contributed by atoms with van der Waals surface area (Å²) in [6.45, 7) is 13.7. The summed E-state index contributed by atoms with van der Waals surface area (Å²) in [5.41, 5.74) is 3.05. The minimum Gasteiger partial charge on any atom is -0.403 e. The first-order chi connectivity index (χ1) is 13.1. The number of hydrogen-bond acceptors (Lipinski definition) is 7. The predicted octanol–water partition coefficient (Wildman–Crippen LogP) is 1.36. The van der Waals surface area contributed by atoms with Gasteiger partial charge in [-0.05, 0) is 5.70 Å². The lowest BCUT2D eigenvalue weighted by Crippen LogP contribution is -2.46. The Morgan fingerprint density at radius 2 is 1.15 bits per heavy atom. The molecule has 0 aliphatic rings. The van der Waals surface area contributed by atoms with Crippen molar-refractivity contribution in [3.8, 4) is 0 Å². The molecule has 0 aromatic carbocycles. The molecule has 0 amide bonds. The van der Waals surface area contributed by atoms with Crippen LogP contribution in [0.5, 0.6) is 0 Å². The average molecular weight is 419 g/mol. The van der Waals surface area contributed by atoms with Crippen LogP contribution in [0.25, 0.3) is 0 Å². The van der Waals surface area contributed by atoms with Crippen molar-refractivity contribution in [1.29, 1.82) is 0 Å². The fourth-order valence-corrected chi connectivity index (χ4v) is 5.80. The summed E-state index contributed by atoms with van der Waals surface area (Å²) in [5.74, 6) is 0. The van der Waals surface area contributed by atoms with Gasteiger partial charge in [0.1, 0.15) is 5.60 Å². The molecule has 0 radical (unpaired) electrons. The molecule has 9 heteroatoms. The Hall–Kier alpha value is -0.886. The fraction of sp³-hybridized carbons (Fsp3) is 0.556. The Morgan fingerprint density at radius 1 is 0.741 bits per heavy atom. The van der Waals surface area contributed by atoms with Crippen LogP contribution < -0.4 is 0 Å². The van der Waals surface area contributed by atoms with Gasteiger partial charge in [-0.3, -0.25) is 0 Å². The highest BCUT2D eigenvalue weighted by atomic mass is 28.4. The van der Waals surface area contributed by atoms with Gasteiger partial charge in [0.05, 0.1) is 39.6 Å². The molecular formula is C18H34O7Si2. The maximum Gasteiger partial charge on any atom is 0.529 e. The van der Waals surface area contributed by atoms with Gasteiger partial charge in [-0.25, -0.2) is 0 Å². The SMILES string of the molecule is C=CC(C=C)(C=C)O[SiH2]C=C[Si](OCCOC)(OCCOC)OCCOC. The average Bonchev–Trinajstić information content (AvgIpc) is 2.69. The normalized spacial score (nSPS) is 12.9. The summed E-state index contributed by atoms with van der Waals surface area (Å²) in [6, 6.07) is 0. The van der Waals surface area contributed by atoms with Gasteiger partial charge in [0, 0.05) is 21.3 Å². The maximum absolute atomic E-state index is 5.95. The highest BCUT2D eigenvalue weighted by molar-refractivity contribution is 6.67. The minimum atomic E-state index is -3.08. The standard InChI is InChI=1S/C18H34O7Si2/c1-7-18(8-2,9-3)25-26-16-17-27(22-13-10-19-4,23-14-11-20-5)24-15-12-21-6/h7-9,16-17H,1-3,10-15,26H2,4-6H3. The smallest absolute Gasteiger partial charge is 0.403 e. The summed E-state index contributed by atoms with van der Waals surface area (Å²) in [5, 5.41) is 0. The Kier molecular flexibility index (Phi) is 15.6. The van der Waals surface area contributed by atoms with Gasteiger partial charge in [0.2, 0.25) is 0 Å². The molecule has 0 atom stereocenters. The molecule has 27 heavy (non-hydrogen) atoms. The van der Waals surface area contributed by atoms with Crippen LogP contribution >= 0.6 is 0 Å². The molecule has 0 aliphatic heterocycles. The Morgan fingerprint density at radius 3 is 1.48 bits per heavy atom. The number of rotatable bonds is 19. The van der Waals surface area contributed by atoms with Gasteiger partial charge < -0.3 is 31.9 Å². The first kappa shape index (κ1) is 26.1. The van der Waals surface area contributed by atoms with Crippen LogP contribution in [0.2, 0.25) is 0 Å². The van der Waals surface area contributed by atoms with E-state index in [1.165, 1.54) is 0 Å². The van der Waals surface area contributed by atoms with Gasteiger partial charge in [-0.2, -0.15) is 0 Å². The summed E-state index contributed by atoms with van der Waals surface area (Å²) in [6.07, 6.45) is 4.99. The van der Waals surface area contributed by atoms with Crippen LogP contribution in [0.3, 0.4) is 0 Å². The Labute approximate surface area is 166 Å². The van der Waals surface area contributed by atoms with E-state index in [2.05, 4.69) is 19.7 Å². The molecule has 7 nitrogen and oxygen atoms in total. The van der Waals surface area contributed by atoms with Gasteiger partial charge in [-0.1, -0.05) is 43.7 Å². The van der Waals surface area contributed by atoms with Crippen LogP contribution in [0.4, 0.5) is 0 Å². The highest BCUT2D eigenvalue weighted by Crippen LogP contribution is 2.16. The van der Waals surface area contributed by atoms with Crippen molar-refractivity contribution in [2.45, 2.75) is 5.60 Å². The second kappa shape index (κ2) is 16.1. The zero-order valence-electron chi connectivity index (χ0n) is 16.8. The monoisotopic (exact) mass is 418 g/mol. The van der Waals surface area contributed by atoms with Crippen molar-refractivity contribution in [2.75, 3.05) is 61.0 Å². The lowest BCUT2D eigenvalue weighted by molar-refractivity contribution is 0.0232. The van der Waals surface area contributed by atoms with Crippen molar-refractivity contribution in [1.82, 2.24) is 0 Å². The number of ether oxygens (including phenoxy) is 3. The van der Waals surface area contributed by atoms with Crippen LogP contribution in [0.1, 0.15) is 0 Å². The molecule has 0 rings (SSSR count). The van der Waals surface area contributed by atoms with E-state index in [4.69, 9.17) is 31.9 Å².